The summed E-state index contributed by atoms with van der Waals surface area (Å²) < 4.78 is 0. The highest BCUT2D eigenvalue weighted by atomic mass is 35.5. The number of rotatable bonds is 5. The number of carbonyl (C=O) groups is 1. The van der Waals surface area contributed by atoms with E-state index in [0.29, 0.717) is 18.4 Å². The number of aliphatic hydroxyl groups is 1. The van der Waals surface area contributed by atoms with Crippen LogP contribution in [0.5, 0.6) is 0 Å². The maximum absolute atomic E-state index is 12.7. The molecule has 3 aliphatic rings. The van der Waals surface area contributed by atoms with E-state index < -0.39 is 0 Å². The van der Waals surface area contributed by atoms with Crippen LogP contribution in [0.15, 0.2) is 24.3 Å². The molecule has 1 amide bonds. The molecule has 158 valence electrons. The minimum absolute atomic E-state index is 0. The fraction of sp³-hybridized carbons (Fsp3) is 0.667. The maximum Gasteiger partial charge on any atom is 0.225 e. The van der Waals surface area contributed by atoms with E-state index in [4.69, 9.17) is 5.73 Å². The zero-order valence-corrected chi connectivity index (χ0v) is 17.9. The van der Waals surface area contributed by atoms with Crippen molar-refractivity contribution in [2.75, 3.05) is 13.1 Å². The second kappa shape index (κ2) is 10.3. The Labute approximate surface area is 180 Å². The summed E-state index contributed by atoms with van der Waals surface area (Å²) in [5.74, 6) is 1.19. The molecule has 7 heteroatoms. The first-order valence-electron chi connectivity index (χ1n) is 10.1. The molecule has 2 bridgehead atoms. The van der Waals surface area contributed by atoms with Gasteiger partial charge in [0.05, 0.1) is 12.0 Å². The van der Waals surface area contributed by atoms with Crippen LogP contribution in [0, 0.1) is 17.8 Å². The molecule has 5 nitrogen and oxygen atoms in total. The number of benzene rings is 1. The summed E-state index contributed by atoms with van der Waals surface area (Å²) in [6.07, 6.45) is 5.04. The number of hydrogen-bond donors (Lipinski definition) is 3. The summed E-state index contributed by atoms with van der Waals surface area (Å²) >= 11 is 0. The van der Waals surface area contributed by atoms with Crippen molar-refractivity contribution in [1.29, 1.82) is 0 Å². The molecule has 4 atom stereocenters. The second-order valence-corrected chi connectivity index (χ2v) is 8.43. The van der Waals surface area contributed by atoms with E-state index in [1.807, 2.05) is 6.07 Å². The summed E-state index contributed by atoms with van der Waals surface area (Å²) in [7, 11) is 0. The molecule has 28 heavy (non-hydrogen) atoms. The SMILES string of the molecule is Cl.Cl.NC1C2CCC(C2)C1C(=O)NCc1ccccc1CN1CCC(O)CC1. The fourth-order valence-corrected chi connectivity index (χ4v) is 5.23. The lowest BCUT2D eigenvalue weighted by atomic mass is 9.84. The molecule has 0 spiro atoms. The predicted molar refractivity (Wildman–Crippen MR) is 116 cm³/mol. The fourth-order valence-electron chi connectivity index (χ4n) is 5.23. The van der Waals surface area contributed by atoms with Gasteiger partial charge in [0.1, 0.15) is 0 Å². The average Bonchev–Trinajstić information content (AvgIpc) is 3.24. The highest BCUT2D eigenvalue weighted by Gasteiger charge is 2.48. The third kappa shape index (κ3) is 5.00. The van der Waals surface area contributed by atoms with Crippen molar-refractivity contribution in [3.05, 3.63) is 35.4 Å². The Kier molecular flexibility index (Phi) is 8.59. The van der Waals surface area contributed by atoms with Gasteiger partial charge in [-0.05, 0) is 55.1 Å². The van der Waals surface area contributed by atoms with Gasteiger partial charge in [-0.25, -0.2) is 0 Å². The number of aliphatic hydroxyl groups excluding tert-OH is 1. The lowest BCUT2D eigenvalue weighted by Gasteiger charge is -2.30. The number of hydrogen-bond acceptors (Lipinski definition) is 4. The molecule has 1 aliphatic heterocycles. The number of amides is 1. The topological polar surface area (TPSA) is 78.6 Å². The van der Waals surface area contributed by atoms with E-state index in [2.05, 4.69) is 28.4 Å². The minimum Gasteiger partial charge on any atom is -0.393 e. The standard InChI is InChI=1S/C21H31N3O2.2ClH/c22-20-15-6-5-14(11-15)19(20)21(26)23-12-16-3-1-2-4-17(16)13-24-9-7-18(25)8-10-24;;/h1-4,14-15,18-20,25H,5-13,22H2,(H,23,26);2*1H. The Morgan fingerprint density at radius 3 is 2.36 bits per heavy atom. The van der Waals surface area contributed by atoms with Gasteiger partial charge in [-0.1, -0.05) is 24.3 Å². The van der Waals surface area contributed by atoms with Crippen LogP contribution in [0.25, 0.3) is 0 Å². The molecule has 1 aromatic rings. The second-order valence-electron chi connectivity index (χ2n) is 8.43. The molecule has 4 rings (SSSR count). The van der Waals surface area contributed by atoms with Crippen LogP contribution in [0.3, 0.4) is 0 Å². The zero-order chi connectivity index (χ0) is 18.1. The van der Waals surface area contributed by atoms with E-state index in [1.54, 1.807) is 0 Å². The van der Waals surface area contributed by atoms with Crippen LogP contribution in [0.4, 0.5) is 0 Å². The number of halogens is 2. The lowest BCUT2D eigenvalue weighted by molar-refractivity contribution is -0.127. The molecule has 2 saturated carbocycles. The van der Waals surface area contributed by atoms with E-state index in [9.17, 15) is 9.90 Å². The third-order valence-electron chi connectivity index (χ3n) is 6.81. The molecular formula is C21H33Cl2N3O2. The van der Waals surface area contributed by atoms with Crippen LogP contribution in [-0.4, -0.2) is 41.1 Å². The molecule has 4 N–H and O–H groups in total. The third-order valence-corrected chi connectivity index (χ3v) is 6.81. The monoisotopic (exact) mass is 429 g/mol. The number of nitrogens with zero attached hydrogens (tertiary/aromatic N) is 1. The Morgan fingerprint density at radius 1 is 1.07 bits per heavy atom. The van der Waals surface area contributed by atoms with Crippen molar-refractivity contribution in [1.82, 2.24) is 10.2 Å². The molecule has 1 saturated heterocycles. The molecule has 4 unspecified atom stereocenters. The molecule has 0 radical (unpaired) electrons. The zero-order valence-electron chi connectivity index (χ0n) is 16.3. The number of nitrogens with one attached hydrogen (secondary N) is 1. The van der Waals surface area contributed by atoms with Gasteiger partial charge in [0.15, 0.2) is 0 Å². The highest BCUT2D eigenvalue weighted by Crippen LogP contribution is 2.47. The summed E-state index contributed by atoms with van der Waals surface area (Å²) in [6, 6.07) is 8.40. The van der Waals surface area contributed by atoms with Crippen LogP contribution >= 0.6 is 24.8 Å². The minimum atomic E-state index is -0.147. The van der Waals surface area contributed by atoms with Gasteiger partial charge in [-0.15, -0.1) is 24.8 Å². The van der Waals surface area contributed by atoms with Gasteiger partial charge in [-0.2, -0.15) is 0 Å². The van der Waals surface area contributed by atoms with Crippen molar-refractivity contribution in [3.63, 3.8) is 0 Å². The average molecular weight is 430 g/mol. The summed E-state index contributed by atoms with van der Waals surface area (Å²) in [5.41, 5.74) is 8.76. The van der Waals surface area contributed by atoms with Crippen molar-refractivity contribution in [2.24, 2.45) is 23.5 Å². The van der Waals surface area contributed by atoms with Crippen molar-refractivity contribution in [2.45, 2.75) is 57.3 Å². The first kappa shape index (κ1) is 23.4. The number of piperidine rings is 1. The molecule has 2 aliphatic carbocycles. The van der Waals surface area contributed by atoms with Crippen LogP contribution < -0.4 is 11.1 Å². The summed E-state index contributed by atoms with van der Waals surface area (Å²) in [4.78, 5) is 15.1. The van der Waals surface area contributed by atoms with Gasteiger partial charge >= 0.3 is 0 Å². The number of carbonyl (C=O) groups excluding carboxylic acids is 1. The maximum atomic E-state index is 12.7. The number of nitrogens with two attached hydrogens (primary N) is 1. The van der Waals surface area contributed by atoms with Gasteiger partial charge in [-0.3, -0.25) is 9.69 Å². The molecular weight excluding hydrogens is 397 g/mol. The van der Waals surface area contributed by atoms with Crippen molar-refractivity contribution in [3.8, 4) is 0 Å². The normalized spacial score (nSPS) is 29.8. The first-order valence-corrected chi connectivity index (χ1v) is 10.1. The van der Waals surface area contributed by atoms with E-state index in [1.165, 1.54) is 17.5 Å². The number of likely N-dealkylation sites (tertiary alicyclic amines) is 1. The quantitative estimate of drug-likeness (QED) is 0.671. The molecule has 1 heterocycles. The first-order chi connectivity index (χ1) is 12.6. The van der Waals surface area contributed by atoms with E-state index >= 15 is 0 Å². The molecule has 0 aromatic heterocycles. The predicted octanol–water partition coefficient (Wildman–Crippen LogP) is 2.48. The summed E-state index contributed by atoms with van der Waals surface area (Å²) in [5, 5.41) is 12.8. The van der Waals surface area contributed by atoms with Crippen LogP contribution in [0.2, 0.25) is 0 Å². The van der Waals surface area contributed by atoms with Gasteiger partial charge in [0.2, 0.25) is 5.91 Å². The Balaban J connectivity index is 0.00000140. The van der Waals surface area contributed by atoms with Gasteiger partial charge < -0.3 is 16.2 Å². The molecule has 3 fully saturated rings. The lowest BCUT2D eigenvalue weighted by Crippen LogP contribution is -2.45. The van der Waals surface area contributed by atoms with E-state index in [0.717, 1.165) is 45.3 Å². The largest absolute Gasteiger partial charge is 0.393 e. The highest BCUT2D eigenvalue weighted by molar-refractivity contribution is 5.85. The smallest absolute Gasteiger partial charge is 0.225 e. The van der Waals surface area contributed by atoms with Crippen molar-refractivity contribution < 1.29 is 9.90 Å². The van der Waals surface area contributed by atoms with Crippen molar-refractivity contribution >= 4 is 30.7 Å². The number of fused-ring (bicyclic) bond motifs is 2. The Hall–Kier alpha value is -0.850. The Morgan fingerprint density at radius 2 is 1.71 bits per heavy atom. The van der Waals surface area contributed by atoms with Gasteiger partial charge in [0, 0.05) is 32.2 Å². The summed E-state index contributed by atoms with van der Waals surface area (Å²) in [6.45, 7) is 3.32. The molecule has 1 aromatic carbocycles. The van der Waals surface area contributed by atoms with Gasteiger partial charge in [0.25, 0.3) is 0 Å². The van der Waals surface area contributed by atoms with Crippen LogP contribution in [-0.2, 0) is 17.9 Å². The van der Waals surface area contributed by atoms with E-state index in [-0.39, 0.29) is 48.8 Å². The Bertz CT molecular complexity index is 650. The van der Waals surface area contributed by atoms with Crippen LogP contribution in [0.1, 0.15) is 43.2 Å².